The molecule has 23 nitrogen and oxygen atoms in total. The van der Waals surface area contributed by atoms with E-state index in [1.54, 1.807) is 122 Å². The molecule has 1 amide bonds. The summed E-state index contributed by atoms with van der Waals surface area (Å²) < 4.78 is 185. The van der Waals surface area contributed by atoms with E-state index in [4.69, 9.17) is 24.9 Å². The Morgan fingerprint density at radius 1 is 0.458 bits per heavy atom. The number of ether oxygens (including phenoxy) is 2. The zero-order chi connectivity index (χ0) is 102. The van der Waals surface area contributed by atoms with Gasteiger partial charge in [-0.05, 0) is 265 Å². The van der Waals surface area contributed by atoms with Crippen molar-refractivity contribution in [2.24, 2.45) is 11.7 Å². The Morgan fingerprint density at radius 2 is 0.826 bits per heavy atom. The van der Waals surface area contributed by atoms with Crippen LogP contribution in [-0.4, -0.2) is 111 Å². The van der Waals surface area contributed by atoms with Crippen molar-refractivity contribution >= 4 is 84.6 Å². The highest BCUT2D eigenvalue weighted by Crippen LogP contribution is 2.68. The fraction of sp³-hybridized carbons (Fsp3) is 0.234. The number of halogens is 13. The monoisotopic (exact) mass is 2030 g/mol. The Hall–Kier alpha value is -15.2. The van der Waals surface area contributed by atoms with E-state index < -0.39 is 142 Å². The number of carbonyl (C=O) groups excluding carboxylic acids is 3. The number of benzene rings is 8. The van der Waals surface area contributed by atoms with Crippen molar-refractivity contribution in [2.45, 2.75) is 154 Å². The van der Waals surface area contributed by atoms with E-state index in [0.717, 1.165) is 95.7 Å². The van der Waals surface area contributed by atoms with E-state index in [2.05, 4.69) is 86.2 Å². The van der Waals surface area contributed by atoms with Gasteiger partial charge < -0.3 is 30.2 Å². The second-order valence-corrected chi connectivity index (χ2v) is 36.8. The number of amides is 1. The highest BCUT2D eigenvalue weighted by Gasteiger charge is 2.67. The first-order valence-electron chi connectivity index (χ1n) is 44.8. The van der Waals surface area contributed by atoms with E-state index >= 15 is 8.78 Å². The van der Waals surface area contributed by atoms with Gasteiger partial charge >= 0.3 is 19.6 Å². The van der Waals surface area contributed by atoms with Crippen molar-refractivity contribution in [3.63, 3.8) is 0 Å². The molecule has 2 unspecified atom stereocenters. The molecule has 737 valence electrons. The predicted octanol–water partition coefficient (Wildman–Crippen LogP) is 23.0. The van der Waals surface area contributed by atoms with Crippen LogP contribution in [0.4, 0.5) is 52.7 Å². The van der Waals surface area contributed by atoms with Crippen molar-refractivity contribution in [3.05, 3.63) is 383 Å². The van der Waals surface area contributed by atoms with Crippen molar-refractivity contribution in [2.75, 3.05) is 0 Å². The number of alkyl halides is 4. The molecule has 1 saturated carbocycles. The number of aromatic nitrogens is 14. The van der Waals surface area contributed by atoms with Crippen LogP contribution < -0.4 is 15.7 Å². The average molecular weight is 2030 g/mol. The summed E-state index contributed by atoms with van der Waals surface area (Å²) in [6.07, 6.45) is 23.4. The van der Waals surface area contributed by atoms with Gasteiger partial charge in [-0.15, -0.1) is 0 Å². The van der Waals surface area contributed by atoms with E-state index in [9.17, 15) is 58.3 Å². The molecular formula is C107H93BBrF12N16O7. The number of nitrogens with one attached hydrogen (secondary N) is 1. The van der Waals surface area contributed by atoms with Gasteiger partial charge in [0.25, 0.3) is 12.3 Å². The van der Waals surface area contributed by atoms with E-state index in [0.29, 0.717) is 73.6 Å². The minimum absolute atomic E-state index is 0. The minimum Gasteiger partial charge on any atom is -0.537 e. The van der Waals surface area contributed by atoms with Crippen LogP contribution in [0.3, 0.4) is 0 Å². The molecule has 4 N–H and O–H groups in total. The number of nitrogens with zero attached hydrogens (tertiary/aromatic N) is 14. The van der Waals surface area contributed by atoms with E-state index in [-0.39, 0.29) is 69.2 Å². The van der Waals surface area contributed by atoms with E-state index in [1.807, 2.05) is 84.9 Å². The summed E-state index contributed by atoms with van der Waals surface area (Å²) >= 11 is 3.37. The Morgan fingerprint density at radius 3 is 1.24 bits per heavy atom. The van der Waals surface area contributed by atoms with Crippen LogP contribution in [-0.2, 0) is 62.0 Å². The third kappa shape index (κ3) is 27.1. The van der Waals surface area contributed by atoms with Gasteiger partial charge in [-0.25, -0.2) is 83.8 Å². The van der Waals surface area contributed by atoms with Crippen LogP contribution in [0.5, 0.6) is 5.75 Å². The maximum absolute atomic E-state index is 15.1. The lowest BCUT2D eigenvalue weighted by atomic mass is 9.88. The molecule has 6 atom stereocenters. The molecule has 0 spiro atoms. The largest absolute Gasteiger partial charge is 0.569 e. The number of fused-ring (bicyclic) bond motifs is 7. The molecule has 2 aliphatic rings. The number of esters is 2. The molecule has 37 heteroatoms. The molecule has 1 radical (unpaired) electrons. The third-order valence-corrected chi connectivity index (χ3v) is 23.7. The first-order valence-corrected chi connectivity index (χ1v) is 45.6. The van der Waals surface area contributed by atoms with Crippen molar-refractivity contribution in [1.29, 1.82) is 0 Å². The summed E-state index contributed by atoms with van der Waals surface area (Å²) in [5.41, 5.74) is 11.6. The number of nitrogens with two attached hydrogens (primary N) is 1. The zero-order valence-corrected chi connectivity index (χ0v) is 78.9. The number of pyridine rings is 4. The van der Waals surface area contributed by atoms with Crippen LogP contribution in [0.15, 0.2) is 274 Å². The summed E-state index contributed by atoms with van der Waals surface area (Å²) in [5, 5.41) is 22.8. The minimum atomic E-state index is -3.40. The standard InChI is InChI=1S/C31H22F6N6O.C27H25F2N3O2.C21H16F2N4.C18H19BrF2N2O2.C9H7BNO2.CH4/c32-19-5-15(6-20(33)9-19)7-24(27-22(12-39-14-40-27)17-1-2-18-11-38-4-3-16(18)8-17)41-25(44)13-43-29-26(28(42-43)30(34)35)21-10-23(21)31(29,36)37;1-27(2,3)34-25(33)12-21(8-17-9-22(28)13-23(29)10-17)26-24(15-31-16-32-26)19-4-5-20-14-30-7-6-18(20)11-19;22-17-5-13(6-18(23)9-17)7-20(24)21-19(11-26-12-27-21)15-1-2-16-10-25-4-3-14(16)8-15;1-18(2,3)25-16(24)7-12(17-15(19)9-22-10-23-17)4-11-5-13(20)8-14(21)6-11;12-10-13-9-2-1-8-6-11-4-3-7(8)5-9;/h1-6,8-9,11-12,14,21,23-24,30H,7,10,13H2,(H,41,44);4-7,9-11,13-16,21H,8,12H2,1-3H3;1-6,8-12,20H,7,24H2;5-6,8-10,12H,4,7H2,1-3H3;1-6,12H;1H4/t21?,23?,24-;21-;20-;12-;;/m0101../s1. The van der Waals surface area contributed by atoms with Gasteiger partial charge in [0.2, 0.25) is 5.91 Å². The SMILES string of the molecule is C.CC(C)(C)OC(=O)C[C@@H](Cc1cc(F)cc(F)c1)c1ncncc1-c1ccc2cnccc2c1.CC(C)(C)OC(=O)C[C@@H](Cc1cc(F)cc(F)c1)c1ncncc1Br.N[C@@H](Cc1cc(F)cc(F)c1)c1ncncc1-c1ccc2cnccc2c1.O=C(Cn1nc(C(F)F)c2c1C(F)(F)C1CC21)N[C@@H](Cc1cc(F)cc(F)c1)c1ncncc1-c1ccc2cnccc2c1.O[B]Oc1ccc2cnccc2c1. The molecule has 9 heterocycles. The van der Waals surface area contributed by atoms with Crippen molar-refractivity contribution in [1.82, 2.24) is 74.9 Å². The van der Waals surface area contributed by atoms with Crippen LogP contribution in [0.2, 0.25) is 0 Å². The van der Waals surface area contributed by atoms with E-state index in [1.165, 1.54) is 67.9 Å². The molecule has 8 aromatic carbocycles. The van der Waals surface area contributed by atoms with Crippen LogP contribution >= 0.6 is 15.9 Å². The van der Waals surface area contributed by atoms with Crippen molar-refractivity contribution in [3.8, 4) is 39.1 Å². The number of hydrogen-bond acceptors (Lipinski definition) is 21. The van der Waals surface area contributed by atoms with Gasteiger partial charge in [-0.1, -0.05) is 43.8 Å². The molecule has 1 fully saturated rings. The normalized spacial score (nSPS) is 14.1. The summed E-state index contributed by atoms with van der Waals surface area (Å²) in [4.78, 5) is 88.6. The number of hydrogen-bond donors (Lipinski definition) is 3. The Kier molecular flexibility index (Phi) is 33.6. The molecule has 0 aliphatic heterocycles. The molecule has 0 saturated heterocycles. The lowest BCUT2D eigenvalue weighted by molar-refractivity contribution is -0.156. The molecule has 9 aromatic heterocycles. The summed E-state index contributed by atoms with van der Waals surface area (Å²) in [7, 11) is 0.669. The first-order chi connectivity index (χ1) is 68.4. The Labute approximate surface area is 828 Å². The number of rotatable bonds is 25. The Balaban J connectivity index is 0.000000148. The second-order valence-electron chi connectivity index (χ2n) is 35.9. The zero-order valence-electron chi connectivity index (χ0n) is 77.3. The lowest BCUT2D eigenvalue weighted by Gasteiger charge is -2.23. The maximum Gasteiger partial charge on any atom is 0.569 e. The quantitative estimate of drug-likeness (QED) is 0.0272. The van der Waals surface area contributed by atoms with Crippen LogP contribution in [0.25, 0.3) is 76.5 Å². The second kappa shape index (κ2) is 46.2. The van der Waals surface area contributed by atoms with Crippen LogP contribution in [0, 0.1) is 52.5 Å². The fourth-order valence-corrected chi connectivity index (χ4v) is 17.6. The van der Waals surface area contributed by atoms with Gasteiger partial charge in [0.05, 0.1) is 52.2 Å². The Bertz CT molecular complexity index is 7420. The highest BCUT2D eigenvalue weighted by molar-refractivity contribution is 9.10. The first kappa shape index (κ1) is 105. The van der Waals surface area contributed by atoms with Crippen molar-refractivity contribution < 1.29 is 86.2 Å². The molecule has 2 aliphatic carbocycles. The number of carbonyl (C=O) groups is 3. The molecule has 17 aromatic rings. The summed E-state index contributed by atoms with van der Waals surface area (Å²) in [6.45, 7) is 9.95. The molecular weight excluding hydrogens is 1940 g/mol. The van der Waals surface area contributed by atoms with Gasteiger partial charge in [0.15, 0.2) is 0 Å². The summed E-state index contributed by atoms with van der Waals surface area (Å²) in [6, 6.07) is 41.9. The fourth-order valence-electron chi connectivity index (χ4n) is 17.1. The van der Waals surface area contributed by atoms with Gasteiger partial charge in [0, 0.05) is 160 Å². The summed E-state index contributed by atoms with van der Waals surface area (Å²) in [5.74, 6) is -12.7. The molecule has 144 heavy (non-hydrogen) atoms. The van der Waals surface area contributed by atoms with Gasteiger partial charge in [0.1, 0.15) is 107 Å². The highest BCUT2D eigenvalue weighted by atomic mass is 79.9. The van der Waals surface area contributed by atoms with Gasteiger partial charge in [-0.3, -0.25) is 39.0 Å². The lowest BCUT2D eigenvalue weighted by Crippen LogP contribution is -2.35. The smallest absolute Gasteiger partial charge is 0.537 e. The maximum atomic E-state index is 15.1. The molecule has 19 rings (SSSR count). The molecule has 0 bridgehead atoms. The average Bonchev–Trinajstić information content (AvgIpc) is 1.52. The van der Waals surface area contributed by atoms with Gasteiger partial charge in [-0.2, -0.15) is 13.9 Å². The topological polar surface area (TPSA) is 310 Å². The third-order valence-electron chi connectivity index (χ3n) is 23.0. The van der Waals surface area contributed by atoms with Crippen LogP contribution in [0.1, 0.15) is 166 Å². The predicted molar refractivity (Wildman–Crippen MR) is 522 cm³/mol.